The maximum Gasteiger partial charge on any atom is 0.394 e. The van der Waals surface area contributed by atoms with Crippen LogP contribution in [0.1, 0.15) is 18.9 Å². The molecule has 4 heteroatoms. The molecule has 2 N–H and O–H groups in total. The van der Waals surface area contributed by atoms with E-state index in [2.05, 4.69) is 12.2 Å². The van der Waals surface area contributed by atoms with E-state index >= 15 is 0 Å². The summed E-state index contributed by atoms with van der Waals surface area (Å²) < 4.78 is 0. The van der Waals surface area contributed by atoms with E-state index in [1.807, 2.05) is 12.1 Å². The van der Waals surface area contributed by atoms with Crippen LogP contribution in [0.25, 0.3) is 0 Å². The van der Waals surface area contributed by atoms with E-state index in [4.69, 9.17) is 5.11 Å². The molecule has 0 aromatic heterocycles. The van der Waals surface area contributed by atoms with Crippen LogP contribution in [0.15, 0.2) is 24.3 Å². The molecule has 0 heterocycles. The van der Waals surface area contributed by atoms with Crippen LogP contribution >= 0.6 is 0 Å². The summed E-state index contributed by atoms with van der Waals surface area (Å²) >= 11 is 0. The first-order chi connectivity index (χ1) is 7.13. The van der Waals surface area contributed by atoms with Crippen LogP contribution in [0.3, 0.4) is 0 Å². The van der Waals surface area contributed by atoms with Crippen molar-refractivity contribution in [1.82, 2.24) is 0 Å². The topological polar surface area (TPSA) is 66.4 Å². The van der Waals surface area contributed by atoms with Gasteiger partial charge < -0.3 is 10.4 Å². The molecule has 0 aliphatic rings. The molecule has 0 radical (unpaired) electrons. The van der Waals surface area contributed by atoms with E-state index in [1.165, 1.54) is 5.56 Å². The van der Waals surface area contributed by atoms with Gasteiger partial charge in [-0.1, -0.05) is 25.5 Å². The number of anilines is 1. The summed E-state index contributed by atoms with van der Waals surface area (Å²) in [5.41, 5.74) is 1.67. The zero-order valence-electron chi connectivity index (χ0n) is 8.49. The highest BCUT2D eigenvalue weighted by molar-refractivity contribution is 6.36. The number of hydrogen-bond donors (Lipinski definition) is 2. The van der Waals surface area contributed by atoms with E-state index in [9.17, 15) is 9.59 Å². The first kappa shape index (κ1) is 11.2. The van der Waals surface area contributed by atoms with Crippen molar-refractivity contribution in [2.75, 3.05) is 5.32 Å². The number of aliphatic carboxylic acids is 1. The Hall–Kier alpha value is -1.84. The van der Waals surface area contributed by atoms with Gasteiger partial charge in [-0.25, -0.2) is 4.79 Å². The summed E-state index contributed by atoms with van der Waals surface area (Å²) in [5.74, 6) is -2.49. The molecule has 15 heavy (non-hydrogen) atoms. The van der Waals surface area contributed by atoms with Crippen LogP contribution in [0.2, 0.25) is 0 Å². The van der Waals surface area contributed by atoms with E-state index in [1.54, 1.807) is 12.1 Å². The van der Waals surface area contributed by atoms with Gasteiger partial charge in [0.05, 0.1) is 0 Å². The highest BCUT2D eigenvalue weighted by atomic mass is 16.4. The minimum Gasteiger partial charge on any atom is -0.474 e. The Morgan fingerprint density at radius 2 is 1.87 bits per heavy atom. The van der Waals surface area contributed by atoms with Gasteiger partial charge in [-0.3, -0.25) is 4.79 Å². The molecule has 4 nitrogen and oxygen atoms in total. The third-order valence-corrected chi connectivity index (χ3v) is 1.94. The molecular weight excluding hydrogens is 194 g/mol. The number of aryl methyl sites for hydroxylation is 1. The highest BCUT2D eigenvalue weighted by Gasteiger charge is 2.10. The van der Waals surface area contributed by atoms with Gasteiger partial charge in [0.15, 0.2) is 0 Å². The van der Waals surface area contributed by atoms with E-state index < -0.39 is 11.9 Å². The van der Waals surface area contributed by atoms with Crippen molar-refractivity contribution in [1.29, 1.82) is 0 Å². The quantitative estimate of drug-likeness (QED) is 0.741. The van der Waals surface area contributed by atoms with E-state index in [0.717, 1.165) is 12.8 Å². The summed E-state index contributed by atoms with van der Waals surface area (Å²) in [4.78, 5) is 21.1. The Kier molecular flexibility index (Phi) is 3.85. The van der Waals surface area contributed by atoms with E-state index in [-0.39, 0.29) is 0 Å². The zero-order chi connectivity index (χ0) is 11.3. The standard InChI is InChI=1S/C11H13NO3/c1-2-3-8-4-6-9(7-5-8)12-10(13)11(14)15/h4-7H,2-3H2,1H3,(H,12,13)(H,14,15). The van der Waals surface area contributed by atoms with Crippen molar-refractivity contribution < 1.29 is 14.7 Å². The average molecular weight is 207 g/mol. The van der Waals surface area contributed by atoms with Crippen molar-refractivity contribution in [2.45, 2.75) is 19.8 Å². The van der Waals surface area contributed by atoms with Gasteiger partial charge in [0.2, 0.25) is 0 Å². The van der Waals surface area contributed by atoms with Crippen LogP contribution < -0.4 is 5.32 Å². The molecule has 0 fully saturated rings. The minimum absolute atomic E-state index is 0.502. The molecule has 0 aliphatic heterocycles. The number of rotatable bonds is 3. The Bertz CT molecular complexity index is 357. The fourth-order valence-electron chi connectivity index (χ4n) is 1.23. The minimum atomic E-state index is -1.48. The number of carbonyl (C=O) groups is 2. The second kappa shape index (κ2) is 5.14. The fourth-order valence-corrected chi connectivity index (χ4v) is 1.23. The molecule has 0 spiro atoms. The lowest BCUT2D eigenvalue weighted by atomic mass is 10.1. The van der Waals surface area contributed by atoms with Gasteiger partial charge in [-0.2, -0.15) is 0 Å². The highest BCUT2D eigenvalue weighted by Crippen LogP contribution is 2.10. The van der Waals surface area contributed by atoms with E-state index in [0.29, 0.717) is 5.69 Å². The van der Waals surface area contributed by atoms with Crippen LogP contribution in [-0.4, -0.2) is 17.0 Å². The smallest absolute Gasteiger partial charge is 0.394 e. The first-order valence-electron chi connectivity index (χ1n) is 4.76. The van der Waals surface area contributed by atoms with Crippen molar-refractivity contribution >= 4 is 17.6 Å². The summed E-state index contributed by atoms with van der Waals surface area (Å²) in [6.07, 6.45) is 2.04. The van der Waals surface area contributed by atoms with Crippen molar-refractivity contribution in [3.05, 3.63) is 29.8 Å². The number of nitrogens with one attached hydrogen (secondary N) is 1. The lowest BCUT2D eigenvalue weighted by molar-refractivity contribution is -0.147. The molecule has 0 saturated carbocycles. The lowest BCUT2D eigenvalue weighted by Gasteiger charge is -2.03. The number of carbonyl (C=O) groups excluding carboxylic acids is 1. The average Bonchev–Trinajstić information content (AvgIpc) is 2.21. The molecule has 0 atom stereocenters. The second-order valence-corrected chi connectivity index (χ2v) is 3.21. The molecule has 80 valence electrons. The SMILES string of the molecule is CCCc1ccc(NC(=O)C(=O)O)cc1. The Morgan fingerprint density at radius 3 is 2.33 bits per heavy atom. The molecule has 1 amide bonds. The molecule has 0 aliphatic carbocycles. The Labute approximate surface area is 87.9 Å². The second-order valence-electron chi connectivity index (χ2n) is 3.21. The zero-order valence-corrected chi connectivity index (χ0v) is 8.49. The summed E-state index contributed by atoms with van der Waals surface area (Å²) in [6.45, 7) is 2.08. The number of carboxylic acid groups (broad SMARTS) is 1. The van der Waals surface area contributed by atoms with Gasteiger partial charge in [-0.15, -0.1) is 0 Å². The summed E-state index contributed by atoms with van der Waals surface area (Å²) in [7, 11) is 0. The van der Waals surface area contributed by atoms with Gasteiger partial charge in [0.1, 0.15) is 0 Å². The van der Waals surface area contributed by atoms with Crippen LogP contribution in [0.5, 0.6) is 0 Å². The van der Waals surface area contributed by atoms with Crippen molar-refractivity contribution in [3.8, 4) is 0 Å². The van der Waals surface area contributed by atoms with Crippen LogP contribution in [-0.2, 0) is 16.0 Å². The number of benzene rings is 1. The van der Waals surface area contributed by atoms with Crippen molar-refractivity contribution in [2.24, 2.45) is 0 Å². The van der Waals surface area contributed by atoms with Gasteiger partial charge in [0, 0.05) is 5.69 Å². The van der Waals surface area contributed by atoms with Gasteiger partial charge >= 0.3 is 11.9 Å². The predicted molar refractivity (Wildman–Crippen MR) is 56.7 cm³/mol. The lowest BCUT2D eigenvalue weighted by Crippen LogP contribution is -2.21. The van der Waals surface area contributed by atoms with Gasteiger partial charge in [-0.05, 0) is 24.1 Å². The monoisotopic (exact) mass is 207 g/mol. The Balaban J connectivity index is 2.64. The van der Waals surface area contributed by atoms with Crippen LogP contribution in [0, 0.1) is 0 Å². The summed E-state index contributed by atoms with van der Waals surface area (Å²) in [5, 5.41) is 10.6. The first-order valence-corrected chi connectivity index (χ1v) is 4.76. The number of amides is 1. The maximum absolute atomic E-state index is 10.8. The largest absolute Gasteiger partial charge is 0.474 e. The molecule has 0 saturated heterocycles. The predicted octanol–water partition coefficient (Wildman–Crippen LogP) is 1.66. The third kappa shape index (κ3) is 3.42. The Morgan fingerprint density at radius 1 is 1.27 bits per heavy atom. The number of hydrogen-bond acceptors (Lipinski definition) is 2. The molecular formula is C11H13NO3. The van der Waals surface area contributed by atoms with Crippen LogP contribution in [0.4, 0.5) is 5.69 Å². The molecule has 1 aromatic rings. The fraction of sp³-hybridized carbons (Fsp3) is 0.273. The van der Waals surface area contributed by atoms with Gasteiger partial charge in [0.25, 0.3) is 0 Å². The molecule has 1 rings (SSSR count). The normalized spacial score (nSPS) is 9.67. The summed E-state index contributed by atoms with van der Waals surface area (Å²) in [6, 6.07) is 7.15. The molecule has 0 unspecified atom stereocenters. The third-order valence-electron chi connectivity index (χ3n) is 1.94. The number of carboxylic acids is 1. The maximum atomic E-state index is 10.8. The van der Waals surface area contributed by atoms with Crippen molar-refractivity contribution in [3.63, 3.8) is 0 Å². The molecule has 0 bridgehead atoms. The molecule has 1 aromatic carbocycles.